The molecule has 3 rings (SSSR count). The number of benzene rings is 2. The molecular formula is C18H16NNa2O8S2+. The second-order valence-electron chi connectivity index (χ2n) is 5.60. The van der Waals surface area contributed by atoms with Crippen molar-refractivity contribution < 1.29 is 94.3 Å². The van der Waals surface area contributed by atoms with Crippen LogP contribution < -0.4 is 67.5 Å². The summed E-state index contributed by atoms with van der Waals surface area (Å²) in [5, 5.41) is 0. The second-order valence-corrected chi connectivity index (χ2v) is 7.16. The Morgan fingerprint density at radius 1 is 0.839 bits per heavy atom. The molecule has 0 aliphatic heterocycles. The van der Waals surface area contributed by atoms with Crippen LogP contribution in [0.1, 0.15) is 22.7 Å². The third-order valence-electron chi connectivity index (χ3n) is 3.77. The minimum absolute atomic E-state index is 0. The van der Waals surface area contributed by atoms with E-state index in [1.807, 2.05) is 12.1 Å². The third kappa shape index (κ3) is 9.18. The Bertz CT molecular complexity index is 1120. The number of aromatic nitrogens is 1. The topological polar surface area (TPSA) is 156 Å². The van der Waals surface area contributed by atoms with Crippen LogP contribution in [0.25, 0.3) is 0 Å². The van der Waals surface area contributed by atoms with E-state index in [9.17, 15) is 21.4 Å². The Hall–Kier alpha value is -0.990. The molecule has 0 saturated heterocycles. The van der Waals surface area contributed by atoms with Crippen LogP contribution in [0.2, 0.25) is 0 Å². The molecule has 1 aromatic heterocycles. The SMILES string of the molecule is O=[S-](=O)Oc1ccc(C(c2ccc(OS(=O)(=O)[O-])cc2)c2ccccn2)cc1.[Na+].[Na+].[OH3+]. The first kappa shape index (κ1) is 30.0. The molecule has 0 aliphatic carbocycles. The van der Waals surface area contributed by atoms with E-state index in [2.05, 4.69) is 13.4 Å². The van der Waals surface area contributed by atoms with Gasteiger partial charge in [-0.05, 0) is 47.5 Å². The molecule has 1 unspecified atom stereocenters. The Kier molecular flexibility index (Phi) is 13.1. The summed E-state index contributed by atoms with van der Waals surface area (Å²) in [4.78, 5) is 4.38. The van der Waals surface area contributed by atoms with Crippen LogP contribution in [0.15, 0.2) is 72.9 Å². The van der Waals surface area contributed by atoms with Crippen molar-refractivity contribution in [1.82, 2.24) is 4.98 Å². The number of nitrogens with zero attached hydrogens (tertiary/aromatic N) is 1. The van der Waals surface area contributed by atoms with Crippen molar-refractivity contribution >= 4 is 21.4 Å². The summed E-state index contributed by atoms with van der Waals surface area (Å²) in [6.45, 7) is 0. The monoisotopic (exact) mass is 484 g/mol. The van der Waals surface area contributed by atoms with Crippen molar-refractivity contribution in [2.24, 2.45) is 0 Å². The molecule has 3 N–H and O–H groups in total. The molecule has 1 heterocycles. The maximum atomic E-state index is 10.7. The zero-order chi connectivity index (χ0) is 20.1. The average Bonchev–Trinajstić information content (AvgIpc) is 2.64. The van der Waals surface area contributed by atoms with Gasteiger partial charge in [0.25, 0.3) is 10.4 Å². The Balaban J connectivity index is 0.00000300. The van der Waals surface area contributed by atoms with Gasteiger partial charge in [0.05, 0.1) is 11.6 Å². The van der Waals surface area contributed by atoms with E-state index < -0.39 is 21.4 Å². The van der Waals surface area contributed by atoms with Gasteiger partial charge in [-0.3, -0.25) is 4.98 Å². The number of hydrogen-bond donors (Lipinski definition) is 0. The zero-order valence-corrected chi connectivity index (χ0v) is 22.3. The van der Waals surface area contributed by atoms with Crippen molar-refractivity contribution in [2.75, 3.05) is 0 Å². The van der Waals surface area contributed by atoms with Crippen LogP contribution in [0.4, 0.5) is 0 Å². The summed E-state index contributed by atoms with van der Waals surface area (Å²) >= 11 is 0. The average molecular weight is 484 g/mol. The molecule has 0 saturated carbocycles. The van der Waals surface area contributed by atoms with Gasteiger partial charge in [0.1, 0.15) is 22.5 Å². The van der Waals surface area contributed by atoms with Crippen LogP contribution in [-0.2, 0) is 35.3 Å². The quantitative estimate of drug-likeness (QED) is 0.107. The van der Waals surface area contributed by atoms with E-state index in [0.29, 0.717) is 5.69 Å². The molecular weight excluding hydrogens is 468 g/mol. The first-order chi connectivity index (χ1) is 13.3. The van der Waals surface area contributed by atoms with Gasteiger partial charge in [0.2, 0.25) is 0 Å². The zero-order valence-electron chi connectivity index (χ0n) is 16.7. The van der Waals surface area contributed by atoms with E-state index in [1.54, 1.807) is 36.5 Å². The fourth-order valence-corrected chi connectivity index (χ4v) is 3.32. The van der Waals surface area contributed by atoms with Crippen LogP contribution in [0.3, 0.4) is 0 Å². The number of pyridine rings is 1. The van der Waals surface area contributed by atoms with Crippen molar-refractivity contribution in [3.8, 4) is 11.5 Å². The standard InChI is InChI=1S/C18H14NO7S2.2Na.H2O/c20-27(21)25-15-8-4-13(5-9-15)18(17-3-1-2-12-19-17)14-6-10-16(11-7-14)26-28(22,23)24;;;/h1-12,18H,(H,22,23,24);;;1H2/q-1;2*+1;. The fourth-order valence-electron chi connectivity index (χ4n) is 2.71. The molecule has 0 amide bonds. The van der Waals surface area contributed by atoms with Gasteiger partial charge in [0, 0.05) is 6.20 Å². The summed E-state index contributed by atoms with van der Waals surface area (Å²) in [6.07, 6.45) is 1.64. The van der Waals surface area contributed by atoms with Crippen molar-refractivity contribution in [1.29, 1.82) is 0 Å². The maximum absolute atomic E-state index is 10.7. The smallest absolute Gasteiger partial charge is 0.716 e. The van der Waals surface area contributed by atoms with Gasteiger partial charge in [-0.1, -0.05) is 30.3 Å². The van der Waals surface area contributed by atoms with Crippen LogP contribution in [-0.4, -0.2) is 18.0 Å². The maximum Gasteiger partial charge on any atom is 1.00 e. The van der Waals surface area contributed by atoms with Gasteiger partial charge in [0.15, 0.2) is 0 Å². The molecule has 0 aliphatic rings. The Morgan fingerprint density at radius 3 is 1.77 bits per heavy atom. The molecule has 13 heteroatoms. The molecule has 154 valence electrons. The molecule has 0 radical (unpaired) electrons. The normalized spacial score (nSPS) is 11.3. The first-order valence-corrected chi connectivity index (χ1v) is 10.2. The van der Waals surface area contributed by atoms with Crippen LogP contribution in [0.5, 0.6) is 11.5 Å². The van der Waals surface area contributed by atoms with E-state index >= 15 is 0 Å². The summed E-state index contributed by atoms with van der Waals surface area (Å²) in [6, 6.07) is 17.9. The molecule has 1 atom stereocenters. The summed E-state index contributed by atoms with van der Waals surface area (Å²) in [7, 11) is -7.52. The molecule has 3 aromatic rings. The molecule has 0 fully saturated rings. The summed E-state index contributed by atoms with van der Waals surface area (Å²) in [5.41, 5.74) is 2.27. The summed E-state index contributed by atoms with van der Waals surface area (Å²) < 4.78 is 62.4. The van der Waals surface area contributed by atoms with Gasteiger partial charge < -0.3 is 26.8 Å². The molecule has 0 bridgehead atoms. The minimum atomic E-state index is -4.86. The van der Waals surface area contributed by atoms with Crippen LogP contribution in [0, 0.1) is 0 Å². The minimum Gasteiger partial charge on any atom is -0.716 e. The van der Waals surface area contributed by atoms with Gasteiger partial charge in [-0.2, -0.15) is 0 Å². The van der Waals surface area contributed by atoms with E-state index in [0.717, 1.165) is 11.1 Å². The Labute approximate surface area is 225 Å². The predicted octanol–water partition coefficient (Wildman–Crippen LogP) is -4.21. The number of rotatable bonds is 7. The van der Waals surface area contributed by atoms with E-state index in [1.165, 1.54) is 24.3 Å². The number of hydrogen-bond acceptors (Lipinski definition) is 9. The molecule has 0 spiro atoms. The second kappa shape index (κ2) is 13.5. The predicted molar refractivity (Wildman–Crippen MR) is 103 cm³/mol. The van der Waals surface area contributed by atoms with Crippen molar-refractivity contribution in [3.05, 3.63) is 89.7 Å². The molecule has 2 aromatic carbocycles. The van der Waals surface area contributed by atoms with E-state index in [-0.39, 0.29) is 82.0 Å². The van der Waals surface area contributed by atoms with Gasteiger partial charge in [-0.15, -0.1) is 0 Å². The van der Waals surface area contributed by atoms with Crippen molar-refractivity contribution in [3.63, 3.8) is 0 Å². The molecule has 31 heavy (non-hydrogen) atoms. The largest absolute Gasteiger partial charge is 1.00 e. The fraction of sp³-hybridized carbons (Fsp3) is 0.0556. The Morgan fingerprint density at radius 2 is 1.35 bits per heavy atom. The van der Waals surface area contributed by atoms with E-state index in [4.69, 9.17) is 0 Å². The third-order valence-corrected chi connectivity index (χ3v) is 4.50. The molecule has 9 nitrogen and oxygen atoms in total. The first-order valence-electron chi connectivity index (χ1n) is 7.85. The summed E-state index contributed by atoms with van der Waals surface area (Å²) in [5.74, 6) is -0.257. The van der Waals surface area contributed by atoms with Gasteiger partial charge >= 0.3 is 59.1 Å². The van der Waals surface area contributed by atoms with Crippen molar-refractivity contribution in [2.45, 2.75) is 5.92 Å². The van der Waals surface area contributed by atoms with Gasteiger partial charge in [-0.25, -0.2) is 8.42 Å². The van der Waals surface area contributed by atoms with Crippen LogP contribution >= 0.6 is 0 Å².